The maximum Gasteiger partial charge on any atom is 0.387 e. The quantitative estimate of drug-likeness (QED) is 0.678. The number of benzene rings is 2. The summed E-state index contributed by atoms with van der Waals surface area (Å²) in [5.74, 6) is 0.170. The third kappa shape index (κ3) is 3.57. The Bertz CT molecular complexity index is 582. The molecular weight excluding hydrogens is 326 g/mol. The molecule has 0 aliphatic heterocycles. The Hall–Kier alpha value is -1.42. The van der Waals surface area contributed by atoms with Gasteiger partial charge in [0.15, 0.2) is 0 Å². The molecule has 1 unspecified atom stereocenters. The van der Waals surface area contributed by atoms with Gasteiger partial charge in [-0.2, -0.15) is 8.78 Å². The predicted octanol–water partition coefficient (Wildman–Crippen LogP) is 5.39. The predicted molar refractivity (Wildman–Crippen MR) is 79.8 cm³/mol. The molecule has 0 aliphatic rings. The second kappa shape index (κ2) is 6.35. The minimum Gasteiger partial charge on any atom is -0.435 e. The summed E-state index contributed by atoms with van der Waals surface area (Å²) in [6.07, 6.45) is 0. The summed E-state index contributed by atoms with van der Waals surface area (Å²) in [5, 5.41) is 0. The molecule has 1 atom stereocenters. The lowest BCUT2D eigenvalue weighted by Crippen LogP contribution is -2.02. The molecule has 0 saturated carbocycles. The summed E-state index contributed by atoms with van der Waals surface area (Å²) >= 11 is 3.64. The fourth-order valence-electron chi connectivity index (χ4n) is 1.93. The van der Waals surface area contributed by atoms with Crippen molar-refractivity contribution in [3.05, 3.63) is 64.7 Å². The van der Waals surface area contributed by atoms with Crippen molar-refractivity contribution in [2.45, 2.75) is 25.3 Å². The standard InChI is InChI=1S/C16H15BrF2O/c1-10-3-4-13(9-11(10)2)15(17)12-5-7-14(8-6-12)20-16(18)19/h3-9,15-16H,1-2H3. The molecule has 0 bridgehead atoms. The van der Waals surface area contributed by atoms with Gasteiger partial charge in [-0.25, -0.2) is 0 Å². The van der Waals surface area contributed by atoms with Crippen LogP contribution >= 0.6 is 15.9 Å². The highest BCUT2D eigenvalue weighted by molar-refractivity contribution is 9.09. The lowest BCUT2D eigenvalue weighted by Gasteiger charge is -2.13. The highest BCUT2D eigenvalue weighted by Crippen LogP contribution is 2.32. The van der Waals surface area contributed by atoms with Gasteiger partial charge in [0.1, 0.15) is 5.75 Å². The van der Waals surface area contributed by atoms with E-state index in [1.54, 1.807) is 24.3 Å². The van der Waals surface area contributed by atoms with Crippen LogP contribution in [0.25, 0.3) is 0 Å². The molecular formula is C16H15BrF2O. The molecule has 106 valence electrons. The Morgan fingerprint density at radius 1 is 0.900 bits per heavy atom. The van der Waals surface area contributed by atoms with Crippen molar-refractivity contribution in [2.75, 3.05) is 0 Å². The number of hydrogen-bond donors (Lipinski definition) is 0. The van der Waals surface area contributed by atoms with Gasteiger partial charge in [0.05, 0.1) is 4.83 Å². The van der Waals surface area contributed by atoms with Crippen molar-refractivity contribution in [1.82, 2.24) is 0 Å². The maximum atomic E-state index is 12.1. The Balaban J connectivity index is 2.20. The normalized spacial score (nSPS) is 12.5. The number of aryl methyl sites for hydroxylation is 2. The highest BCUT2D eigenvalue weighted by Gasteiger charge is 2.12. The van der Waals surface area contributed by atoms with E-state index in [1.165, 1.54) is 11.1 Å². The molecule has 0 N–H and O–H groups in total. The van der Waals surface area contributed by atoms with E-state index in [0.29, 0.717) is 0 Å². The van der Waals surface area contributed by atoms with Gasteiger partial charge in [-0.15, -0.1) is 0 Å². The van der Waals surface area contributed by atoms with Gasteiger partial charge in [0.2, 0.25) is 0 Å². The fourth-order valence-corrected chi connectivity index (χ4v) is 2.52. The van der Waals surface area contributed by atoms with Crippen molar-refractivity contribution in [3.8, 4) is 5.75 Å². The molecule has 2 rings (SSSR count). The minimum absolute atomic E-state index is 0.0300. The van der Waals surface area contributed by atoms with Gasteiger partial charge in [-0.1, -0.05) is 46.3 Å². The first-order valence-corrected chi connectivity index (χ1v) is 7.15. The van der Waals surface area contributed by atoms with Crippen LogP contribution < -0.4 is 4.74 Å². The van der Waals surface area contributed by atoms with Gasteiger partial charge in [0, 0.05) is 0 Å². The van der Waals surface area contributed by atoms with E-state index in [9.17, 15) is 8.78 Å². The van der Waals surface area contributed by atoms with E-state index in [4.69, 9.17) is 0 Å². The van der Waals surface area contributed by atoms with Crippen LogP contribution in [0.15, 0.2) is 42.5 Å². The second-order valence-electron chi connectivity index (χ2n) is 4.65. The zero-order valence-electron chi connectivity index (χ0n) is 11.2. The third-order valence-corrected chi connectivity index (χ3v) is 4.28. The minimum atomic E-state index is -2.79. The lowest BCUT2D eigenvalue weighted by atomic mass is 10.0. The molecule has 0 heterocycles. The van der Waals surface area contributed by atoms with Gasteiger partial charge >= 0.3 is 6.61 Å². The molecule has 0 spiro atoms. The molecule has 0 saturated heterocycles. The number of ether oxygens (including phenoxy) is 1. The molecule has 2 aromatic carbocycles. The molecule has 1 nitrogen and oxygen atoms in total. The second-order valence-corrected chi connectivity index (χ2v) is 5.57. The smallest absolute Gasteiger partial charge is 0.387 e. The van der Waals surface area contributed by atoms with Crippen LogP contribution in [0.2, 0.25) is 0 Å². The van der Waals surface area contributed by atoms with E-state index in [2.05, 4.69) is 52.7 Å². The largest absolute Gasteiger partial charge is 0.435 e. The van der Waals surface area contributed by atoms with Crippen molar-refractivity contribution in [3.63, 3.8) is 0 Å². The summed E-state index contributed by atoms with van der Waals surface area (Å²) in [7, 11) is 0. The summed E-state index contributed by atoms with van der Waals surface area (Å²) in [6, 6.07) is 12.9. The van der Waals surface area contributed by atoms with Crippen LogP contribution in [-0.4, -0.2) is 6.61 Å². The van der Waals surface area contributed by atoms with Crippen LogP contribution in [0, 0.1) is 13.8 Å². The number of halogens is 3. The molecule has 0 aromatic heterocycles. The lowest BCUT2D eigenvalue weighted by molar-refractivity contribution is -0.0498. The first kappa shape index (κ1) is 15.0. The van der Waals surface area contributed by atoms with E-state index >= 15 is 0 Å². The zero-order chi connectivity index (χ0) is 14.7. The molecule has 2 aromatic rings. The topological polar surface area (TPSA) is 9.23 Å². The van der Waals surface area contributed by atoms with E-state index in [1.807, 2.05) is 0 Å². The summed E-state index contributed by atoms with van der Waals surface area (Å²) < 4.78 is 28.5. The van der Waals surface area contributed by atoms with Gasteiger partial charge < -0.3 is 4.74 Å². The fraction of sp³-hybridized carbons (Fsp3) is 0.250. The Labute approximate surface area is 125 Å². The van der Waals surface area contributed by atoms with Crippen LogP contribution in [0.1, 0.15) is 27.1 Å². The first-order valence-electron chi connectivity index (χ1n) is 6.23. The van der Waals surface area contributed by atoms with Crippen LogP contribution in [0.3, 0.4) is 0 Å². The Morgan fingerprint density at radius 3 is 2.05 bits per heavy atom. The van der Waals surface area contributed by atoms with E-state index < -0.39 is 6.61 Å². The number of rotatable bonds is 4. The summed E-state index contributed by atoms with van der Waals surface area (Å²) in [5.41, 5.74) is 4.60. The average Bonchev–Trinajstić information content (AvgIpc) is 2.41. The number of hydrogen-bond acceptors (Lipinski definition) is 1. The molecule has 4 heteroatoms. The van der Waals surface area contributed by atoms with E-state index in [-0.39, 0.29) is 10.6 Å². The Morgan fingerprint density at radius 2 is 1.50 bits per heavy atom. The Kier molecular flexibility index (Phi) is 4.76. The van der Waals surface area contributed by atoms with Crippen LogP contribution in [0.5, 0.6) is 5.75 Å². The van der Waals surface area contributed by atoms with E-state index in [0.717, 1.165) is 11.1 Å². The highest BCUT2D eigenvalue weighted by atomic mass is 79.9. The molecule has 20 heavy (non-hydrogen) atoms. The van der Waals surface area contributed by atoms with Crippen molar-refractivity contribution in [2.24, 2.45) is 0 Å². The maximum absolute atomic E-state index is 12.1. The summed E-state index contributed by atoms with van der Waals surface area (Å²) in [6.45, 7) is 1.34. The first-order chi connectivity index (χ1) is 9.47. The third-order valence-electron chi connectivity index (χ3n) is 3.22. The van der Waals surface area contributed by atoms with Crippen molar-refractivity contribution < 1.29 is 13.5 Å². The average molecular weight is 341 g/mol. The summed E-state index contributed by atoms with van der Waals surface area (Å²) in [4.78, 5) is 0.0300. The van der Waals surface area contributed by atoms with Crippen LogP contribution in [0.4, 0.5) is 8.78 Å². The van der Waals surface area contributed by atoms with Gasteiger partial charge in [0.25, 0.3) is 0 Å². The molecule has 0 amide bonds. The molecule has 0 aliphatic carbocycles. The SMILES string of the molecule is Cc1ccc(C(Br)c2ccc(OC(F)F)cc2)cc1C. The zero-order valence-corrected chi connectivity index (χ0v) is 12.8. The van der Waals surface area contributed by atoms with Gasteiger partial charge in [-0.05, 0) is 48.2 Å². The van der Waals surface area contributed by atoms with Gasteiger partial charge in [-0.3, -0.25) is 0 Å². The van der Waals surface area contributed by atoms with Crippen molar-refractivity contribution >= 4 is 15.9 Å². The number of alkyl halides is 3. The van der Waals surface area contributed by atoms with Crippen LogP contribution in [-0.2, 0) is 0 Å². The van der Waals surface area contributed by atoms with Crippen molar-refractivity contribution in [1.29, 1.82) is 0 Å². The monoisotopic (exact) mass is 340 g/mol. The molecule has 0 fully saturated rings. The molecule has 0 radical (unpaired) electrons.